The fraction of sp³-hybridized carbons (Fsp3) is 0.417. The van der Waals surface area contributed by atoms with Crippen molar-refractivity contribution in [1.29, 1.82) is 0 Å². The highest BCUT2D eigenvalue weighted by atomic mass is 127. The van der Waals surface area contributed by atoms with Crippen LogP contribution in [0.4, 0.5) is 0 Å². The maximum absolute atomic E-state index is 12.4. The van der Waals surface area contributed by atoms with E-state index < -0.39 is 0 Å². The molecule has 0 radical (unpaired) electrons. The Morgan fingerprint density at radius 3 is 2.52 bits per heavy atom. The second-order valence-corrected chi connectivity index (χ2v) is 8.62. The second-order valence-electron chi connectivity index (χ2n) is 7.45. The van der Waals surface area contributed by atoms with Crippen molar-refractivity contribution in [2.75, 3.05) is 38.5 Å². The molecule has 2 aromatic carbocycles. The van der Waals surface area contributed by atoms with Crippen molar-refractivity contribution in [2.45, 2.75) is 24.7 Å². The van der Waals surface area contributed by atoms with E-state index in [9.17, 15) is 4.79 Å². The molecule has 168 valence electrons. The maximum Gasteiger partial charge on any atom is 0.223 e. The van der Waals surface area contributed by atoms with Gasteiger partial charge in [-0.05, 0) is 31.0 Å². The normalized spacial score (nSPS) is 16.2. The summed E-state index contributed by atoms with van der Waals surface area (Å²) in [5, 5.41) is 6.71. The Kier molecular flexibility index (Phi) is 11.8. The number of nitrogens with one attached hydrogen (secondary N) is 2. The van der Waals surface area contributed by atoms with Gasteiger partial charge in [0.2, 0.25) is 5.91 Å². The summed E-state index contributed by atoms with van der Waals surface area (Å²) in [4.78, 5) is 20.4. The van der Waals surface area contributed by atoms with Crippen molar-refractivity contribution in [3.8, 4) is 0 Å². The monoisotopic (exact) mass is 552 g/mol. The first-order valence-corrected chi connectivity index (χ1v) is 11.7. The lowest BCUT2D eigenvalue weighted by Gasteiger charge is -2.16. The van der Waals surface area contributed by atoms with Gasteiger partial charge in [-0.1, -0.05) is 48.5 Å². The van der Waals surface area contributed by atoms with Gasteiger partial charge < -0.3 is 15.5 Å². The summed E-state index contributed by atoms with van der Waals surface area (Å²) in [6, 6.07) is 20.8. The molecule has 3 rings (SSSR count). The van der Waals surface area contributed by atoms with Crippen LogP contribution in [0.25, 0.3) is 0 Å². The van der Waals surface area contributed by atoms with Crippen molar-refractivity contribution in [1.82, 2.24) is 15.5 Å². The molecular formula is C24H33IN4OS. The second kappa shape index (κ2) is 14.3. The molecule has 1 aliphatic heterocycles. The van der Waals surface area contributed by atoms with Gasteiger partial charge in [0.1, 0.15) is 0 Å². The molecule has 1 fully saturated rings. The number of amides is 1. The smallest absolute Gasteiger partial charge is 0.223 e. The van der Waals surface area contributed by atoms with Gasteiger partial charge in [-0.3, -0.25) is 9.79 Å². The zero-order valence-corrected chi connectivity index (χ0v) is 21.3. The summed E-state index contributed by atoms with van der Waals surface area (Å²) < 4.78 is 0. The Balaban J connectivity index is 0.00000341. The van der Waals surface area contributed by atoms with Gasteiger partial charge >= 0.3 is 0 Å². The quantitative estimate of drug-likeness (QED) is 0.154. The van der Waals surface area contributed by atoms with E-state index in [0.29, 0.717) is 18.9 Å². The van der Waals surface area contributed by atoms with Crippen LogP contribution in [0.2, 0.25) is 0 Å². The molecule has 2 aromatic rings. The summed E-state index contributed by atoms with van der Waals surface area (Å²) in [5.74, 6) is 2.36. The highest BCUT2D eigenvalue weighted by Gasteiger charge is 2.28. The number of guanidine groups is 1. The largest absolute Gasteiger partial charge is 0.357 e. The number of hydrogen-bond acceptors (Lipinski definition) is 3. The number of thioether (sulfide) groups is 1. The summed E-state index contributed by atoms with van der Waals surface area (Å²) in [5.41, 5.74) is 1.28. The first kappa shape index (κ1) is 25.5. The van der Waals surface area contributed by atoms with E-state index in [0.717, 1.165) is 44.3 Å². The molecule has 0 saturated carbocycles. The molecule has 2 N–H and O–H groups in total. The van der Waals surface area contributed by atoms with E-state index in [-0.39, 0.29) is 29.9 Å². The van der Waals surface area contributed by atoms with Crippen molar-refractivity contribution >= 4 is 47.6 Å². The molecule has 0 aromatic heterocycles. The molecule has 5 nitrogen and oxygen atoms in total. The number of hydrogen-bond donors (Lipinski definition) is 2. The molecule has 1 saturated heterocycles. The molecule has 0 bridgehead atoms. The Morgan fingerprint density at radius 1 is 1.10 bits per heavy atom. The number of carbonyl (C=O) groups excluding carboxylic acids is 1. The molecule has 0 spiro atoms. The van der Waals surface area contributed by atoms with Crippen LogP contribution in [0.1, 0.15) is 18.9 Å². The minimum atomic E-state index is 0. The van der Waals surface area contributed by atoms with Crippen LogP contribution >= 0.6 is 35.7 Å². The molecule has 1 atom stereocenters. The summed E-state index contributed by atoms with van der Waals surface area (Å²) in [7, 11) is 0. The van der Waals surface area contributed by atoms with Crippen LogP contribution in [0.3, 0.4) is 0 Å². The number of aliphatic imine (C=N–C) groups is 1. The molecule has 1 unspecified atom stereocenters. The van der Waals surface area contributed by atoms with Crippen LogP contribution in [-0.2, 0) is 11.2 Å². The average molecular weight is 553 g/mol. The fourth-order valence-corrected chi connectivity index (χ4v) is 4.31. The molecular weight excluding hydrogens is 519 g/mol. The number of halogens is 1. The van der Waals surface area contributed by atoms with Gasteiger partial charge in [-0.2, -0.15) is 0 Å². The lowest BCUT2D eigenvalue weighted by Crippen LogP contribution is -2.38. The Labute approximate surface area is 207 Å². The number of carbonyl (C=O) groups is 1. The lowest BCUT2D eigenvalue weighted by molar-refractivity contribution is -0.127. The minimum Gasteiger partial charge on any atom is -0.357 e. The zero-order chi connectivity index (χ0) is 21.0. The number of likely N-dealkylation sites (tertiary alicyclic amines) is 1. The van der Waals surface area contributed by atoms with Gasteiger partial charge in [0.15, 0.2) is 5.96 Å². The van der Waals surface area contributed by atoms with Crippen LogP contribution < -0.4 is 10.6 Å². The Morgan fingerprint density at radius 2 is 1.81 bits per heavy atom. The molecule has 7 heteroatoms. The highest BCUT2D eigenvalue weighted by molar-refractivity contribution is 14.0. The van der Waals surface area contributed by atoms with Crippen molar-refractivity contribution in [2.24, 2.45) is 10.9 Å². The van der Waals surface area contributed by atoms with Crippen LogP contribution in [0, 0.1) is 5.92 Å². The number of nitrogens with zero attached hydrogens (tertiary/aromatic N) is 2. The van der Waals surface area contributed by atoms with Crippen LogP contribution in [0.15, 0.2) is 70.6 Å². The molecule has 1 amide bonds. The van der Waals surface area contributed by atoms with Gasteiger partial charge in [0, 0.05) is 55.7 Å². The zero-order valence-electron chi connectivity index (χ0n) is 18.1. The SMILES string of the molecule is CCNC(=NCC1CC(=O)N(CCc2ccccc2)C1)NCCSc1ccccc1.I. The summed E-state index contributed by atoms with van der Waals surface area (Å²) in [6.07, 6.45) is 1.51. The van der Waals surface area contributed by atoms with Crippen LogP contribution in [0.5, 0.6) is 0 Å². The third-order valence-electron chi connectivity index (χ3n) is 5.07. The van der Waals surface area contributed by atoms with Gasteiger partial charge in [-0.15, -0.1) is 35.7 Å². The Hall–Kier alpha value is -1.74. The highest BCUT2D eigenvalue weighted by Crippen LogP contribution is 2.19. The third-order valence-corrected chi connectivity index (χ3v) is 6.08. The van der Waals surface area contributed by atoms with E-state index in [1.807, 2.05) is 40.9 Å². The lowest BCUT2D eigenvalue weighted by atomic mass is 10.1. The maximum atomic E-state index is 12.4. The molecule has 0 aliphatic carbocycles. The predicted molar refractivity (Wildman–Crippen MR) is 141 cm³/mol. The molecule has 1 heterocycles. The standard InChI is InChI=1S/C24H32N4OS.HI/c1-2-25-24(26-14-16-30-22-11-7-4-8-12-22)27-18-21-17-23(29)28(19-21)15-13-20-9-5-3-6-10-20;/h3-12,21H,2,13-19H2,1H3,(H2,25,26,27);1H. The van der Waals surface area contributed by atoms with E-state index >= 15 is 0 Å². The van der Waals surface area contributed by atoms with Crippen molar-refractivity contribution in [3.63, 3.8) is 0 Å². The van der Waals surface area contributed by atoms with Gasteiger partial charge in [-0.25, -0.2) is 0 Å². The molecule has 1 aliphatic rings. The fourth-order valence-electron chi connectivity index (χ4n) is 3.52. The van der Waals surface area contributed by atoms with Crippen molar-refractivity contribution in [3.05, 3.63) is 66.2 Å². The number of benzene rings is 2. The Bertz CT molecular complexity index is 804. The first-order valence-electron chi connectivity index (χ1n) is 10.8. The van der Waals surface area contributed by atoms with Crippen LogP contribution in [-0.4, -0.2) is 55.2 Å². The van der Waals surface area contributed by atoms with E-state index in [4.69, 9.17) is 4.99 Å². The van der Waals surface area contributed by atoms with Gasteiger partial charge in [0.05, 0.1) is 0 Å². The third kappa shape index (κ3) is 9.11. The van der Waals surface area contributed by atoms with E-state index in [1.165, 1.54) is 10.5 Å². The predicted octanol–water partition coefficient (Wildman–Crippen LogP) is 4.04. The topological polar surface area (TPSA) is 56.7 Å². The van der Waals surface area contributed by atoms with E-state index in [1.54, 1.807) is 0 Å². The summed E-state index contributed by atoms with van der Waals surface area (Å²) in [6.45, 7) is 6.01. The average Bonchev–Trinajstić information content (AvgIpc) is 3.14. The van der Waals surface area contributed by atoms with Gasteiger partial charge in [0.25, 0.3) is 0 Å². The minimum absolute atomic E-state index is 0. The molecule has 31 heavy (non-hydrogen) atoms. The van der Waals surface area contributed by atoms with Crippen molar-refractivity contribution < 1.29 is 4.79 Å². The first-order chi connectivity index (χ1) is 14.7. The number of rotatable bonds is 10. The summed E-state index contributed by atoms with van der Waals surface area (Å²) >= 11 is 1.83. The van der Waals surface area contributed by atoms with E-state index in [2.05, 4.69) is 54.0 Å².